The molecule has 5 heterocycles. The van der Waals surface area contributed by atoms with Crippen molar-refractivity contribution in [2.45, 2.75) is 68.4 Å². The van der Waals surface area contributed by atoms with Gasteiger partial charge in [0.15, 0.2) is 5.82 Å². The number of hydrogen-bond acceptors (Lipinski definition) is 8. The molecule has 0 amide bonds. The zero-order chi connectivity index (χ0) is 32.2. The van der Waals surface area contributed by atoms with E-state index in [1.54, 1.807) is 18.2 Å². The van der Waals surface area contributed by atoms with Crippen molar-refractivity contribution in [2.75, 3.05) is 37.7 Å². The molecule has 8 rings (SSSR count). The van der Waals surface area contributed by atoms with Crippen LogP contribution in [-0.4, -0.2) is 86.8 Å². The normalized spacial score (nSPS) is 30.9. The summed E-state index contributed by atoms with van der Waals surface area (Å²) >= 11 is 6.53. The van der Waals surface area contributed by atoms with Crippen LogP contribution in [0.25, 0.3) is 32.8 Å². The summed E-state index contributed by atoms with van der Waals surface area (Å²) in [6.07, 6.45) is 0.974. The van der Waals surface area contributed by atoms with Gasteiger partial charge in [-0.2, -0.15) is 9.97 Å². The summed E-state index contributed by atoms with van der Waals surface area (Å²) in [5.41, 5.74) is -2.09. The molecule has 4 aliphatic rings. The first-order chi connectivity index (χ1) is 21.9. The molecule has 4 aliphatic heterocycles. The Hall–Kier alpha value is -3.38. The lowest BCUT2D eigenvalue weighted by atomic mass is 9.95. The molecule has 2 bridgehead atoms. The Balaban J connectivity index is 1.30. The maximum Gasteiger partial charge on any atom is 0.319 e. The Morgan fingerprint density at radius 3 is 2.76 bits per heavy atom. The topological polar surface area (TPSA) is 94.0 Å². The lowest BCUT2D eigenvalue weighted by molar-refractivity contribution is 0.107. The molecule has 46 heavy (non-hydrogen) atoms. The summed E-state index contributed by atoms with van der Waals surface area (Å²) in [7, 11) is 0. The number of hydrogen-bond donors (Lipinski definition) is 3. The smallest absolute Gasteiger partial charge is 0.319 e. The van der Waals surface area contributed by atoms with Crippen LogP contribution in [0.15, 0.2) is 36.4 Å². The van der Waals surface area contributed by atoms with E-state index in [0.29, 0.717) is 43.2 Å². The molecule has 3 N–H and O–H groups in total. The highest BCUT2D eigenvalue weighted by Crippen LogP contribution is 2.45. The van der Waals surface area contributed by atoms with E-state index >= 15 is 8.78 Å². The minimum absolute atomic E-state index is 0.0870. The van der Waals surface area contributed by atoms with Crippen LogP contribution in [0.1, 0.15) is 39.5 Å². The SMILES string of the molecule is C[C@@]12CC(O)[C@@](C)(CN(c3nc(OC[C@@]45CCCN4C[C@H](F)C5)nc4c(F)c(-c5cc(O)cc6cccc(Cl)c56)c(F)cc34)C1)N2. The number of fused-ring (bicyclic) bond motifs is 5. The molecule has 0 radical (unpaired) electrons. The summed E-state index contributed by atoms with van der Waals surface area (Å²) < 4.78 is 53.9. The Morgan fingerprint density at radius 2 is 1.96 bits per heavy atom. The number of aliphatic hydroxyl groups is 1. The molecule has 0 aliphatic carbocycles. The highest BCUT2D eigenvalue weighted by molar-refractivity contribution is 6.36. The first kappa shape index (κ1) is 30.0. The molecular formula is C34H35ClF3N5O3. The summed E-state index contributed by atoms with van der Waals surface area (Å²) in [6, 6.07) is 8.92. The average Bonchev–Trinajstić information content (AvgIpc) is 3.55. The minimum Gasteiger partial charge on any atom is -0.508 e. The van der Waals surface area contributed by atoms with E-state index in [9.17, 15) is 14.6 Å². The van der Waals surface area contributed by atoms with Gasteiger partial charge in [-0.15, -0.1) is 0 Å². The Labute approximate surface area is 269 Å². The Bertz CT molecular complexity index is 1920. The lowest BCUT2D eigenvalue weighted by Crippen LogP contribution is -2.65. The van der Waals surface area contributed by atoms with Gasteiger partial charge in [0, 0.05) is 53.0 Å². The number of benzene rings is 3. The molecule has 8 nitrogen and oxygen atoms in total. The number of nitrogens with zero attached hydrogens (tertiary/aromatic N) is 4. The van der Waals surface area contributed by atoms with Gasteiger partial charge in [0.05, 0.1) is 22.7 Å². The zero-order valence-corrected chi connectivity index (χ0v) is 26.3. The third kappa shape index (κ3) is 4.61. The number of anilines is 1. The number of halogens is 4. The predicted molar refractivity (Wildman–Crippen MR) is 170 cm³/mol. The molecule has 12 heteroatoms. The summed E-state index contributed by atoms with van der Waals surface area (Å²) in [5, 5.41) is 26.3. The fourth-order valence-corrected chi connectivity index (χ4v) is 8.96. The van der Waals surface area contributed by atoms with Gasteiger partial charge in [0.1, 0.15) is 35.7 Å². The van der Waals surface area contributed by atoms with E-state index in [4.69, 9.17) is 21.3 Å². The van der Waals surface area contributed by atoms with Crippen LogP contribution in [0, 0.1) is 11.6 Å². The van der Waals surface area contributed by atoms with Gasteiger partial charge in [-0.3, -0.25) is 4.90 Å². The van der Waals surface area contributed by atoms with Gasteiger partial charge in [-0.25, -0.2) is 13.2 Å². The molecule has 1 aromatic heterocycles. The van der Waals surface area contributed by atoms with Crippen molar-refractivity contribution in [1.29, 1.82) is 0 Å². The number of piperazine rings is 1. The lowest BCUT2D eigenvalue weighted by Gasteiger charge is -2.45. The van der Waals surface area contributed by atoms with Gasteiger partial charge in [0.2, 0.25) is 0 Å². The number of aromatic hydroxyl groups is 1. The molecule has 3 aromatic carbocycles. The Morgan fingerprint density at radius 1 is 1.13 bits per heavy atom. The Kier molecular flexibility index (Phi) is 6.72. The average molecular weight is 654 g/mol. The molecule has 242 valence electrons. The second kappa shape index (κ2) is 10.3. The molecular weight excluding hydrogens is 619 g/mol. The standard InChI is InChI=1S/C34H35ClF3N5O3/c1-32-13-25(45)33(2,41-32)16-42(15-32)30-22-11-24(37)27(21-10-20(44)9-18-5-3-6-23(35)26(18)21)28(38)29(22)39-31(40-30)46-17-34-7-4-8-43(34)14-19(36)12-34/h3,5-6,9-11,19,25,41,44-45H,4,7-8,12-17H2,1-2H3/t19-,25?,32-,33-,34+/m1/s1. The first-order valence-corrected chi connectivity index (χ1v) is 16.1. The number of alkyl halides is 1. The third-order valence-electron chi connectivity index (χ3n) is 10.6. The number of ether oxygens (including phenoxy) is 1. The fourth-order valence-electron chi connectivity index (χ4n) is 8.67. The summed E-state index contributed by atoms with van der Waals surface area (Å²) in [6.45, 7) is 5.95. The number of phenolic OH excluding ortho intramolecular Hbond substituents is 1. The van der Waals surface area contributed by atoms with Crippen LogP contribution in [-0.2, 0) is 0 Å². The van der Waals surface area contributed by atoms with E-state index in [0.717, 1.165) is 19.4 Å². The van der Waals surface area contributed by atoms with Crippen LogP contribution in [0.4, 0.5) is 19.0 Å². The van der Waals surface area contributed by atoms with Crippen LogP contribution < -0.4 is 15.0 Å². The van der Waals surface area contributed by atoms with Gasteiger partial charge in [0.25, 0.3) is 0 Å². The second-order valence-corrected chi connectivity index (χ2v) is 14.6. The summed E-state index contributed by atoms with van der Waals surface area (Å²) in [4.78, 5) is 13.3. The molecule has 0 saturated carbocycles. The highest BCUT2D eigenvalue weighted by Gasteiger charge is 2.54. The van der Waals surface area contributed by atoms with Crippen LogP contribution in [0.3, 0.4) is 0 Å². The number of nitrogens with one attached hydrogen (secondary N) is 1. The molecule has 4 aromatic rings. The van der Waals surface area contributed by atoms with Crippen LogP contribution in [0.5, 0.6) is 11.8 Å². The highest BCUT2D eigenvalue weighted by atomic mass is 35.5. The van der Waals surface area contributed by atoms with Gasteiger partial charge >= 0.3 is 6.01 Å². The largest absolute Gasteiger partial charge is 0.508 e. The molecule has 4 fully saturated rings. The third-order valence-corrected chi connectivity index (χ3v) is 10.9. The zero-order valence-electron chi connectivity index (χ0n) is 25.6. The quantitative estimate of drug-likeness (QED) is 0.251. The van der Waals surface area contributed by atoms with E-state index in [-0.39, 0.29) is 51.2 Å². The fraction of sp³-hybridized carbons (Fsp3) is 0.471. The van der Waals surface area contributed by atoms with Crippen LogP contribution in [0.2, 0.25) is 5.02 Å². The second-order valence-electron chi connectivity index (χ2n) is 14.1. The van der Waals surface area contributed by atoms with Gasteiger partial charge in [-0.05, 0) is 69.3 Å². The molecule has 1 unspecified atom stereocenters. The van der Waals surface area contributed by atoms with Crippen molar-refractivity contribution in [3.05, 3.63) is 53.1 Å². The van der Waals surface area contributed by atoms with E-state index in [1.165, 1.54) is 18.2 Å². The maximum absolute atomic E-state index is 16.9. The van der Waals surface area contributed by atoms with Gasteiger partial charge < -0.3 is 25.2 Å². The van der Waals surface area contributed by atoms with E-state index in [1.807, 2.05) is 18.7 Å². The van der Waals surface area contributed by atoms with Crippen molar-refractivity contribution < 1.29 is 28.1 Å². The van der Waals surface area contributed by atoms with Crippen molar-refractivity contribution in [3.63, 3.8) is 0 Å². The number of phenols is 1. The molecule has 5 atom stereocenters. The number of aromatic nitrogens is 2. The summed E-state index contributed by atoms with van der Waals surface area (Å²) in [5.74, 6) is -1.70. The van der Waals surface area contributed by atoms with Gasteiger partial charge in [-0.1, -0.05) is 23.7 Å². The molecule has 0 spiro atoms. The first-order valence-electron chi connectivity index (χ1n) is 15.7. The predicted octanol–water partition coefficient (Wildman–Crippen LogP) is 5.73. The minimum atomic E-state index is -0.951. The number of aliphatic hydroxyl groups excluding tert-OH is 1. The van der Waals surface area contributed by atoms with E-state index < -0.39 is 40.5 Å². The van der Waals surface area contributed by atoms with Crippen LogP contribution >= 0.6 is 11.6 Å². The molecule has 4 saturated heterocycles. The van der Waals surface area contributed by atoms with Crippen molar-refractivity contribution >= 4 is 39.1 Å². The van der Waals surface area contributed by atoms with Crippen molar-refractivity contribution in [1.82, 2.24) is 20.2 Å². The number of rotatable bonds is 5. The van der Waals surface area contributed by atoms with E-state index in [2.05, 4.69) is 15.2 Å². The van der Waals surface area contributed by atoms with Crippen molar-refractivity contribution in [2.24, 2.45) is 0 Å². The monoisotopic (exact) mass is 653 g/mol. The maximum atomic E-state index is 16.9. The van der Waals surface area contributed by atoms with Crippen molar-refractivity contribution in [3.8, 4) is 22.9 Å².